The van der Waals surface area contributed by atoms with E-state index in [1.807, 2.05) is 0 Å². The first-order valence-corrected chi connectivity index (χ1v) is 7.04. The summed E-state index contributed by atoms with van der Waals surface area (Å²) in [5, 5.41) is 0. The third-order valence-electron chi connectivity index (χ3n) is 2.84. The van der Waals surface area contributed by atoms with Gasteiger partial charge >= 0.3 is 6.18 Å². The second-order valence-corrected chi connectivity index (χ2v) is 6.29. The van der Waals surface area contributed by atoms with Crippen LogP contribution in [0.1, 0.15) is 17.5 Å². The van der Waals surface area contributed by atoms with Crippen molar-refractivity contribution in [1.82, 2.24) is 4.31 Å². The zero-order valence-corrected chi connectivity index (χ0v) is 10.3. The molecule has 0 aliphatic carbocycles. The first-order chi connectivity index (χ1) is 8.29. The van der Waals surface area contributed by atoms with E-state index in [-0.39, 0.29) is 12.3 Å². The Morgan fingerprint density at radius 2 is 1.78 bits per heavy atom. The molecular formula is C11H12F3NO2S. The number of hydrogen-bond donors (Lipinski definition) is 0. The topological polar surface area (TPSA) is 37.4 Å². The Morgan fingerprint density at radius 1 is 1.17 bits per heavy atom. The fourth-order valence-electron chi connectivity index (χ4n) is 1.87. The van der Waals surface area contributed by atoms with Gasteiger partial charge in [-0.05, 0) is 24.1 Å². The largest absolute Gasteiger partial charge is 0.416 e. The van der Waals surface area contributed by atoms with Gasteiger partial charge in [-0.25, -0.2) is 8.42 Å². The summed E-state index contributed by atoms with van der Waals surface area (Å²) < 4.78 is 61.4. The Hall–Kier alpha value is -1.08. The van der Waals surface area contributed by atoms with Gasteiger partial charge < -0.3 is 0 Å². The quantitative estimate of drug-likeness (QED) is 0.832. The summed E-state index contributed by atoms with van der Waals surface area (Å²) in [6.45, 7) is 0.573. The van der Waals surface area contributed by atoms with Crippen LogP contribution in [-0.4, -0.2) is 25.0 Å². The molecule has 1 aliphatic rings. The molecule has 2 rings (SSSR count). The van der Waals surface area contributed by atoms with Gasteiger partial charge in [0.2, 0.25) is 10.0 Å². The molecule has 0 atom stereocenters. The maximum absolute atomic E-state index is 12.3. The SMILES string of the molecule is O=S1(=O)CCCN1Cc1ccc(C(F)(F)F)cc1. The second kappa shape index (κ2) is 4.55. The highest BCUT2D eigenvalue weighted by Gasteiger charge is 2.31. The van der Waals surface area contributed by atoms with Gasteiger partial charge in [0, 0.05) is 13.1 Å². The molecular weight excluding hydrogens is 267 g/mol. The lowest BCUT2D eigenvalue weighted by molar-refractivity contribution is -0.137. The Bertz CT molecular complexity index is 522. The van der Waals surface area contributed by atoms with Gasteiger partial charge in [-0.2, -0.15) is 17.5 Å². The third kappa shape index (κ3) is 2.84. The Morgan fingerprint density at radius 3 is 2.22 bits per heavy atom. The van der Waals surface area contributed by atoms with Crippen LogP contribution in [0.25, 0.3) is 0 Å². The normalized spacial score (nSPS) is 20.2. The van der Waals surface area contributed by atoms with Crippen molar-refractivity contribution in [3.05, 3.63) is 35.4 Å². The summed E-state index contributed by atoms with van der Waals surface area (Å²) in [7, 11) is -3.21. The van der Waals surface area contributed by atoms with E-state index in [4.69, 9.17) is 0 Å². The fourth-order valence-corrected chi connectivity index (χ4v) is 3.38. The smallest absolute Gasteiger partial charge is 0.212 e. The Balaban J connectivity index is 2.12. The number of rotatable bonds is 2. The number of halogens is 3. The minimum absolute atomic E-state index is 0.119. The zero-order valence-electron chi connectivity index (χ0n) is 9.44. The maximum atomic E-state index is 12.3. The van der Waals surface area contributed by atoms with E-state index in [9.17, 15) is 21.6 Å². The molecule has 1 saturated heterocycles. The van der Waals surface area contributed by atoms with Crippen LogP contribution in [0, 0.1) is 0 Å². The van der Waals surface area contributed by atoms with Crippen LogP contribution >= 0.6 is 0 Å². The average molecular weight is 279 g/mol. The van der Waals surface area contributed by atoms with Crippen LogP contribution in [0.3, 0.4) is 0 Å². The highest BCUT2D eigenvalue weighted by atomic mass is 32.2. The van der Waals surface area contributed by atoms with E-state index in [0.29, 0.717) is 18.5 Å². The van der Waals surface area contributed by atoms with Crippen LogP contribution in [0.5, 0.6) is 0 Å². The summed E-state index contributed by atoms with van der Waals surface area (Å²) in [6, 6.07) is 4.57. The van der Waals surface area contributed by atoms with Crippen molar-refractivity contribution in [2.75, 3.05) is 12.3 Å². The molecule has 0 unspecified atom stereocenters. The molecule has 100 valence electrons. The average Bonchev–Trinajstić information content (AvgIpc) is 2.58. The van der Waals surface area contributed by atoms with E-state index in [0.717, 1.165) is 12.1 Å². The van der Waals surface area contributed by atoms with Crippen molar-refractivity contribution >= 4 is 10.0 Å². The van der Waals surface area contributed by atoms with E-state index in [2.05, 4.69) is 0 Å². The Kier molecular flexibility index (Phi) is 3.37. The van der Waals surface area contributed by atoms with Crippen molar-refractivity contribution in [1.29, 1.82) is 0 Å². The zero-order chi connectivity index (χ0) is 13.4. The minimum atomic E-state index is -4.36. The lowest BCUT2D eigenvalue weighted by atomic mass is 10.1. The molecule has 0 radical (unpaired) electrons. The summed E-state index contributed by atoms with van der Waals surface area (Å²) in [5.41, 5.74) is -0.163. The highest BCUT2D eigenvalue weighted by molar-refractivity contribution is 7.89. The predicted molar refractivity (Wildman–Crippen MR) is 60.3 cm³/mol. The van der Waals surface area contributed by atoms with E-state index in [1.54, 1.807) is 0 Å². The van der Waals surface area contributed by atoms with Gasteiger partial charge in [0.1, 0.15) is 0 Å². The summed E-state index contributed by atoms with van der Waals surface area (Å²) in [4.78, 5) is 0. The molecule has 0 spiro atoms. The first-order valence-electron chi connectivity index (χ1n) is 5.43. The van der Waals surface area contributed by atoms with Gasteiger partial charge in [-0.3, -0.25) is 0 Å². The molecule has 1 aliphatic heterocycles. The molecule has 0 bridgehead atoms. The molecule has 18 heavy (non-hydrogen) atoms. The monoisotopic (exact) mass is 279 g/mol. The van der Waals surface area contributed by atoms with E-state index < -0.39 is 21.8 Å². The number of nitrogens with zero attached hydrogens (tertiary/aromatic N) is 1. The molecule has 0 aromatic heterocycles. The summed E-state index contributed by atoms with van der Waals surface area (Å²) >= 11 is 0. The lowest BCUT2D eigenvalue weighted by Crippen LogP contribution is -2.25. The molecule has 1 fully saturated rings. The molecule has 1 aromatic rings. The second-order valence-electron chi connectivity index (χ2n) is 4.20. The van der Waals surface area contributed by atoms with Gasteiger partial charge in [0.15, 0.2) is 0 Å². The van der Waals surface area contributed by atoms with Crippen molar-refractivity contribution < 1.29 is 21.6 Å². The summed E-state index contributed by atoms with van der Waals surface area (Å²) in [5.74, 6) is 0.119. The van der Waals surface area contributed by atoms with Crippen molar-refractivity contribution in [3.8, 4) is 0 Å². The van der Waals surface area contributed by atoms with Crippen LogP contribution in [0.2, 0.25) is 0 Å². The number of hydrogen-bond acceptors (Lipinski definition) is 2. The van der Waals surface area contributed by atoms with E-state index >= 15 is 0 Å². The third-order valence-corrected chi connectivity index (χ3v) is 4.75. The van der Waals surface area contributed by atoms with Gasteiger partial charge in [0.05, 0.1) is 11.3 Å². The highest BCUT2D eigenvalue weighted by Crippen LogP contribution is 2.29. The van der Waals surface area contributed by atoms with Crippen molar-refractivity contribution in [3.63, 3.8) is 0 Å². The number of sulfonamides is 1. The standard InChI is InChI=1S/C11H12F3NO2S/c12-11(13,14)10-4-2-9(3-5-10)8-15-6-1-7-18(15,16)17/h2-5H,1,6-8H2. The number of alkyl halides is 3. The Labute approximate surface area is 103 Å². The number of benzene rings is 1. The van der Waals surface area contributed by atoms with Crippen molar-refractivity contribution in [2.24, 2.45) is 0 Å². The van der Waals surface area contributed by atoms with Crippen LogP contribution in [-0.2, 0) is 22.7 Å². The molecule has 0 saturated carbocycles. The lowest BCUT2D eigenvalue weighted by Gasteiger charge is -2.14. The van der Waals surface area contributed by atoms with E-state index in [1.165, 1.54) is 16.4 Å². The van der Waals surface area contributed by atoms with Gasteiger partial charge in [0.25, 0.3) is 0 Å². The maximum Gasteiger partial charge on any atom is 0.416 e. The molecule has 0 N–H and O–H groups in total. The molecule has 1 aromatic carbocycles. The molecule has 0 amide bonds. The summed E-state index contributed by atoms with van der Waals surface area (Å²) in [6.07, 6.45) is -3.79. The van der Waals surface area contributed by atoms with Crippen LogP contribution in [0.15, 0.2) is 24.3 Å². The fraction of sp³-hybridized carbons (Fsp3) is 0.455. The first kappa shape index (κ1) is 13.4. The van der Waals surface area contributed by atoms with Crippen LogP contribution in [0.4, 0.5) is 13.2 Å². The molecule has 1 heterocycles. The van der Waals surface area contributed by atoms with Crippen molar-refractivity contribution in [2.45, 2.75) is 19.1 Å². The predicted octanol–water partition coefficient (Wildman–Crippen LogP) is 2.24. The van der Waals surface area contributed by atoms with Gasteiger partial charge in [-0.15, -0.1) is 0 Å². The minimum Gasteiger partial charge on any atom is -0.212 e. The molecule has 7 heteroatoms. The van der Waals surface area contributed by atoms with Crippen LogP contribution < -0.4 is 0 Å². The molecule has 3 nitrogen and oxygen atoms in total. The van der Waals surface area contributed by atoms with Gasteiger partial charge in [-0.1, -0.05) is 12.1 Å².